The van der Waals surface area contributed by atoms with Crippen molar-refractivity contribution in [3.8, 4) is 0 Å². The molecule has 3 rings (SSSR count). The third kappa shape index (κ3) is 2.55. The number of hydrogen-bond donors (Lipinski definition) is 1. The molecule has 114 valence electrons. The number of halogens is 2. The number of nitrogen functional groups attached to an aromatic ring is 1. The van der Waals surface area contributed by atoms with Crippen LogP contribution in [0, 0.1) is 11.7 Å². The van der Waals surface area contributed by atoms with E-state index in [4.69, 9.17) is 15.5 Å². The largest absolute Gasteiger partial charge is 0.399 e. The Morgan fingerprint density at radius 1 is 1.52 bits per heavy atom. The molecular formula is C15H18F2N2OS. The summed E-state index contributed by atoms with van der Waals surface area (Å²) in [6.45, 7) is 1.72. The SMILES string of the molecule is CC1=NC2(c3cc(N)ccc3F)CC(CF)OCC2CS1. The lowest BCUT2D eigenvalue weighted by Crippen LogP contribution is -2.49. The van der Waals surface area contributed by atoms with E-state index < -0.39 is 18.3 Å². The molecule has 0 radical (unpaired) electrons. The highest BCUT2D eigenvalue weighted by Gasteiger charge is 2.49. The molecule has 1 aromatic carbocycles. The second-order valence-electron chi connectivity index (χ2n) is 5.62. The standard InChI is InChI=1S/C15H18F2N2OS/c1-9-19-15(13-4-11(18)2-3-14(13)17)5-12(6-16)20-7-10(15)8-21-9/h2-4,10,12H,5-8,18H2,1H3. The lowest BCUT2D eigenvalue weighted by molar-refractivity contribution is -0.0620. The molecule has 0 amide bonds. The van der Waals surface area contributed by atoms with Crippen molar-refractivity contribution in [3.05, 3.63) is 29.6 Å². The van der Waals surface area contributed by atoms with E-state index >= 15 is 0 Å². The number of anilines is 1. The summed E-state index contributed by atoms with van der Waals surface area (Å²) in [6, 6.07) is 4.53. The first kappa shape index (κ1) is 14.8. The van der Waals surface area contributed by atoms with E-state index in [0.29, 0.717) is 24.3 Å². The molecule has 3 atom stereocenters. The van der Waals surface area contributed by atoms with Gasteiger partial charge in [0.1, 0.15) is 12.5 Å². The summed E-state index contributed by atoms with van der Waals surface area (Å²) in [7, 11) is 0. The van der Waals surface area contributed by atoms with Crippen LogP contribution < -0.4 is 5.73 Å². The van der Waals surface area contributed by atoms with E-state index in [1.165, 1.54) is 12.1 Å². The highest BCUT2D eigenvalue weighted by atomic mass is 32.2. The second-order valence-corrected chi connectivity index (χ2v) is 6.83. The van der Waals surface area contributed by atoms with Crippen molar-refractivity contribution in [2.24, 2.45) is 10.9 Å². The van der Waals surface area contributed by atoms with Gasteiger partial charge in [-0.1, -0.05) is 0 Å². The topological polar surface area (TPSA) is 47.6 Å². The van der Waals surface area contributed by atoms with Crippen LogP contribution in [0.4, 0.5) is 14.5 Å². The van der Waals surface area contributed by atoms with Crippen LogP contribution in [0.1, 0.15) is 18.9 Å². The Bertz CT molecular complexity index is 581. The number of benzene rings is 1. The van der Waals surface area contributed by atoms with E-state index in [9.17, 15) is 8.78 Å². The minimum atomic E-state index is -0.760. The highest BCUT2D eigenvalue weighted by Crippen LogP contribution is 2.48. The van der Waals surface area contributed by atoms with Gasteiger partial charge in [-0.25, -0.2) is 8.78 Å². The average molecular weight is 312 g/mol. The molecule has 21 heavy (non-hydrogen) atoms. The normalized spacial score (nSPS) is 32.4. The molecule has 2 N–H and O–H groups in total. The maximum atomic E-state index is 14.4. The Kier molecular flexibility index (Phi) is 3.92. The predicted octanol–water partition coefficient (Wildman–Crippen LogP) is 3.14. The zero-order chi connectivity index (χ0) is 15.0. The molecular weight excluding hydrogens is 294 g/mol. The smallest absolute Gasteiger partial charge is 0.129 e. The van der Waals surface area contributed by atoms with Crippen molar-refractivity contribution in [2.45, 2.75) is 25.0 Å². The number of ether oxygens (including phenoxy) is 1. The third-order valence-electron chi connectivity index (χ3n) is 4.23. The second kappa shape index (κ2) is 5.57. The van der Waals surface area contributed by atoms with Crippen LogP contribution in [0.25, 0.3) is 0 Å². The molecule has 2 heterocycles. The summed E-state index contributed by atoms with van der Waals surface area (Å²) in [5.41, 5.74) is 6.03. The highest BCUT2D eigenvalue weighted by molar-refractivity contribution is 8.13. The molecule has 0 spiro atoms. The number of fused-ring (bicyclic) bond motifs is 1. The molecule has 2 aliphatic heterocycles. The van der Waals surface area contributed by atoms with Gasteiger partial charge in [0, 0.05) is 29.3 Å². The molecule has 1 saturated heterocycles. The van der Waals surface area contributed by atoms with Crippen molar-refractivity contribution >= 4 is 22.5 Å². The van der Waals surface area contributed by atoms with Gasteiger partial charge in [0.25, 0.3) is 0 Å². The van der Waals surface area contributed by atoms with Gasteiger partial charge in [-0.15, -0.1) is 11.8 Å². The Morgan fingerprint density at radius 2 is 2.33 bits per heavy atom. The molecule has 1 aromatic rings. The molecule has 3 nitrogen and oxygen atoms in total. The van der Waals surface area contributed by atoms with Crippen molar-refractivity contribution in [1.82, 2.24) is 0 Å². The first-order valence-electron chi connectivity index (χ1n) is 6.97. The number of aliphatic imine (C=N–C) groups is 1. The van der Waals surface area contributed by atoms with Crippen molar-refractivity contribution in [2.75, 3.05) is 24.8 Å². The summed E-state index contributed by atoms with van der Waals surface area (Å²) < 4.78 is 33.1. The van der Waals surface area contributed by atoms with Gasteiger partial charge in [-0.3, -0.25) is 4.99 Å². The number of thioether (sulfide) groups is 1. The van der Waals surface area contributed by atoms with Crippen LogP contribution in [-0.2, 0) is 10.3 Å². The van der Waals surface area contributed by atoms with Crippen LogP contribution in [0.15, 0.2) is 23.2 Å². The molecule has 6 heteroatoms. The van der Waals surface area contributed by atoms with Crippen LogP contribution in [0.3, 0.4) is 0 Å². The van der Waals surface area contributed by atoms with Crippen molar-refractivity contribution in [1.29, 1.82) is 0 Å². The Morgan fingerprint density at radius 3 is 3.10 bits per heavy atom. The van der Waals surface area contributed by atoms with Crippen molar-refractivity contribution < 1.29 is 13.5 Å². The molecule has 0 aromatic heterocycles. The Labute approximate surface area is 127 Å². The summed E-state index contributed by atoms with van der Waals surface area (Å²) in [6.07, 6.45) is -0.186. The number of nitrogens with two attached hydrogens (primary N) is 1. The minimum absolute atomic E-state index is 0.0327. The number of nitrogens with zero attached hydrogens (tertiary/aromatic N) is 1. The Hall–Kier alpha value is -1.14. The van der Waals surface area contributed by atoms with Crippen LogP contribution in [0.2, 0.25) is 0 Å². The van der Waals surface area contributed by atoms with Gasteiger partial charge in [-0.2, -0.15) is 0 Å². The van der Waals surface area contributed by atoms with Gasteiger partial charge in [0.15, 0.2) is 0 Å². The Balaban J connectivity index is 2.14. The maximum absolute atomic E-state index is 14.4. The van der Waals surface area contributed by atoms with Gasteiger partial charge in [-0.05, 0) is 25.1 Å². The minimum Gasteiger partial charge on any atom is -0.399 e. The summed E-state index contributed by atoms with van der Waals surface area (Å²) in [4.78, 5) is 4.74. The average Bonchev–Trinajstić information content (AvgIpc) is 2.48. The van der Waals surface area contributed by atoms with Crippen molar-refractivity contribution in [3.63, 3.8) is 0 Å². The van der Waals surface area contributed by atoms with Gasteiger partial charge >= 0.3 is 0 Å². The van der Waals surface area contributed by atoms with E-state index in [0.717, 1.165) is 10.8 Å². The van der Waals surface area contributed by atoms with Gasteiger partial charge in [0.2, 0.25) is 0 Å². The molecule has 1 fully saturated rings. The van der Waals surface area contributed by atoms with Crippen LogP contribution >= 0.6 is 11.8 Å². The lowest BCUT2D eigenvalue weighted by Gasteiger charge is -2.46. The van der Waals surface area contributed by atoms with E-state index in [-0.39, 0.29) is 11.7 Å². The van der Waals surface area contributed by atoms with E-state index in [2.05, 4.69) is 0 Å². The molecule has 0 aliphatic carbocycles. The number of hydrogen-bond acceptors (Lipinski definition) is 4. The first-order chi connectivity index (χ1) is 10.0. The third-order valence-corrected chi connectivity index (χ3v) is 5.30. The monoisotopic (exact) mass is 312 g/mol. The molecule has 3 unspecified atom stereocenters. The zero-order valence-corrected chi connectivity index (χ0v) is 12.6. The maximum Gasteiger partial charge on any atom is 0.129 e. The number of alkyl halides is 1. The first-order valence-corrected chi connectivity index (χ1v) is 7.96. The summed E-state index contributed by atoms with van der Waals surface area (Å²) >= 11 is 1.64. The van der Waals surface area contributed by atoms with Gasteiger partial charge < -0.3 is 10.5 Å². The quantitative estimate of drug-likeness (QED) is 0.854. The fourth-order valence-corrected chi connectivity index (χ4v) is 4.23. The van der Waals surface area contributed by atoms with E-state index in [1.807, 2.05) is 6.92 Å². The predicted molar refractivity (Wildman–Crippen MR) is 81.9 cm³/mol. The fraction of sp³-hybridized carbons (Fsp3) is 0.533. The summed E-state index contributed by atoms with van der Waals surface area (Å²) in [5, 5.41) is 0.896. The fourth-order valence-electron chi connectivity index (χ4n) is 3.18. The number of rotatable bonds is 2. The van der Waals surface area contributed by atoms with Crippen LogP contribution in [0.5, 0.6) is 0 Å². The van der Waals surface area contributed by atoms with Gasteiger partial charge in [0.05, 0.1) is 23.3 Å². The molecule has 0 bridgehead atoms. The van der Waals surface area contributed by atoms with Crippen LogP contribution in [-0.4, -0.2) is 30.2 Å². The zero-order valence-electron chi connectivity index (χ0n) is 11.8. The lowest BCUT2D eigenvalue weighted by atomic mass is 9.73. The van der Waals surface area contributed by atoms with E-state index in [1.54, 1.807) is 17.8 Å². The summed E-state index contributed by atoms with van der Waals surface area (Å²) in [5.74, 6) is 0.491. The molecule has 0 saturated carbocycles. The molecule has 2 aliphatic rings.